The van der Waals surface area contributed by atoms with Crippen LogP contribution in [0.25, 0.3) is 0 Å². The predicted molar refractivity (Wildman–Crippen MR) is 75.5 cm³/mol. The van der Waals surface area contributed by atoms with Gasteiger partial charge in [0.25, 0.3) is 5.91 Å². The maximum absolute atomic E-state index is 11.9. The van der Waals surface area contributed by atoms with Crippen LogP contribution < -0.4 is 5.32 Å². The first-order valence-corrected chi connectivity index (χ1v) is 7.42. The molecule has 0 aliphatic carbocycles. The van der Waals surface area contributed by atoms with Crippen molar-refractivity contribution >= 4 is 40.9 Å². The fourth-order valence-electron chi connectivity index (χ4n) is 1.19. The maximum atomic E-state index is 11.9. The third kappa shape index (κ3) is 4.09. The number of halogens is 2. The lowest BCUT2D eigenvalue weighted by Gasteiger charge is -2.25. The summed E-state index contributed by atoms with van der Waals surface area (Å²) in [4.78, 5) is 13.1. The Morgan fingerprint density at radius 1 is 1.29 bits per heavy atom. The summed E-state index contributed by atoms with van der Waals surface area (Å²) < 4.78 is 0. The second kappa shape index (κ2) is 6.53. The number of hydrogen-bond donors (Lipinski definition) is 1. The van der Waals surface area contributed by atoms with Crippen molar-refractivity contribution in [1.29, 1.82) is 0 Å². The fraction of sp³-hybridized carbons (Fsp3) is 0.417. The number of benzene rings is 1. The lowest BCUT2D eigenvalue weighted by atomic mass is 10.1. The van der Waals surface area contributed by atoms with E-state index in [-0.39, 0.29) is 17.7 Å². The van der Waals surface area contributed by atoms with Crippen LogP contribution in [0.2, 0.25) is 0 Å². The van der Waals surface area contributed by atoms with Crippen molar-refractivity contribution in [2.75, 3.05) is 18.0 Å². The first-order chi connectivity index (χ1) is 8.04. The van der Waals surface area contributed by atoms with E-state index in [1.165, 1.54) is 0 Å². The van der Waals surface area contributed by atoms with Crippen LogP contribution in [0.1, 0.15) is 17.3 Å². The fourth-order valence-corrected chi connectivity index (χ4v) is 2.02. The van der Waals surface area contributed by atoms with Gasteiger partial charge in [-0.3, -0.25) is 4.79 Å². The minimum absolute atomic E-state index is 0.151. The number of carbonyl (C=O) groups excluding carboxylic acids is 1. The molecule has 1 rings (SSSR count). The average molecular weight is 292 g/mol. The molecule has 0 saturated heterocycles. The summed E-state index contributed by atoms with van der Waals surface area (Å²) in [5.74, 6) is 0.414. The predicted octanol–water partition coefficient (Wildman–Crippen LogP) is 3.37. The molecule has 0 bridgehead atoms. The van der Waals surface area contributed by atoms with E-state index in [0.29, 0.717) is 5.56 Å². The molecule has 0 spiro atoms. The maximum Gasteiger partial charge on any atom is 0.251 e. The molecular formula is C12H15Cl2NOS. The molecule has 0 aliphatic heterocycles. The van der Waals surface area contributed by atoms with Crippen molar-refractivity contribution < 1.29 is 4.79 Å². The van der Waals surface area contributed by atoms with E-state index in [2.05, 4.69) is 5.32 Å². The monoisotopic (exact) mass is 291 g/mol. The number of hydrogen-bond acceptors (Lipinski definition) is 2. The van der Waals surface area contributed by atoms with Gasteiger partial charge in [0.15, 0.2) is 0 Å². The molecule has 0 aromatic heterocycles. The molecule has 0 unspecified atom stereocenters. The highest BCUT2D eigenvalue weighted by Crippen LogP contribution is 2.16. The zero-order valence-electron chi connectivity index (χ0n) is 9.80. The second-order valence-corrected chi connectivity index (χ2v) is 5.42. The van der Waals surface area contributed by atoms with E-state index in [4.69, 9.17) is 23.2 Å². The Labute approximate surface area is 116 Å². The van der Waals surface area contributed by atoms with Gasteiger partial charge in [0.05, 0.1) is 5.54 Å². The van der Waals surface area contributed by atoms with Gasteiger partial charge in [0.1, 0.15) is 0 Å². The lowest BCUT2D eigenvalue weighted by Crippen LogP contribution is -2.49. The number of rotatable bonds is 5. The van der Waals surface area contributed by atoms with Crippen molar-refractivity contribution in [3.63, 3.8) is 0 Å². The van der Waals surface area contributed by atoms with E-state index in [9.17, 15) is 4.79 Å². The number of nitrogens with one attached hydrogen (secondary N) is 1. The molecule has 1 N–H and O–H groups in total. The zero-order valence-corrected chi connectivity index (χ0v) is 12.1. The van der Waals surface area contributed by atoms with E-state index in [1.807, 2.05) is 25.3 Å². The van der Waals surface area contributed by atoms with Crippen LogP contribution in [0.4, 0.5) is 0 Å². The molecular weight excluding hydrogens is 277 g/mol. The summed E-state index contributed by atoms with van der Waals surface area (Å²) in [7, 11) is 0. The van der Waals surface area contributed by atoms with Crippen molar-refractivity contribution in [3.8, 4) is 0 Å². The van der Waals surface area contributed by atoms with Gasteiger partial charge < -0.3 is 5.32 Å². The molecule has 0 aliphatic rings. The summed E-state index contributed by atoms with van der Waals surface area (Å²) in [6, 6.07) is 7.42. The molecule has 0 heterocycles. The van der Waals surface area contributed by atoms with E-state index in [0.717, 1.165) is 4.90 Å². The Morgan fingerprint density at radius 2 is 1.82 bits per heavy atom. The van der Waals surface area contributed by atoms with Crippen molar-refractivity contribution in [1.82, 2.24) is 5.32 Å². The van der Waals surface area contributed by atoms with Gasteiger partial charge in [-0.2, -0.15) is 0 Å². The van der Waals surface area contributed by atoms with Gasteiger partial charge >= 0.3 is 0 Å². The largest absolute Gasteiger partial charge is 0.344 e. The normalized spacial score (nSPS) is 11.3. The molecule has 0 saturated carbocycles. The summed E-state index contributed by atoms with van der Waals surface area (Å²) in [6.45, 7) is 1.82. The summed E-state index contributed by atoms with van der Waals surface area (Å²) >= 11 is 13.2. The summed E-state index contributed by atoms with van der Waals surface area (Å²) in [5, 5.41) is 2.84. The molecule has 0 radical (unpaired) electrons. The first kappa shape index (κ1) is 14.7. The Balaban J connectivity index is 2.75. The van der Waals surface area contributed by atoms with Crippen LogP contribution in [0.5, 0.6) is 0 Å². The minimum atomic E-state index is -0.571. The molecule has 0 fully saturated rings. The number of thioether (sulfide) groups is 1. The molecule has 5 heteroatoms. The Morgan fingerprint density at radius 3 is 2.24 bits per heavy atom. The van der Waals surface area contributed by atoms with Crippen LogP contribution in [-0.4, -0.2) is 29.5 Å². The van der Waals surface area contributed by atoms with Crippen LogP contribution in [0, 0.1) is 0 Å². The molecule has 2 nitrogen and oxygen atoms in total. The van der Waals surface area contributed by atoms with Gasteiger partial charge in [-0.25, -0.2) is 0 Å². The number of alkyl halides is 2. The van der Waals surface area contributed by atoms with E-state index in [1.54, 1.807) is 23.9 Å². The number of carbonyl (C=O) groups is 1. The quantitative estimate of drug-likeness (QED) is 0.666. The highest BCUT2D eigenvalue weighted by molar-refractivity contribution is 7.98. The van der Waals surface area contributed by atoms with Gasteiger partial charge in [0, 0.05) is 22.2 Å². The molecule has 94 valence electrons. The van der Waals surface area contributed by atoms with Crippen molar-refractivity contribution in [3.05, 3.63) is 29.8 Å². The topological polar surface area (TPSA) is 29.1 Å². The van der Waals surface area contributed by atoms with Gasteiger partial charge in [-0.05, 0) is 37.4 Å². The van der Waals surface area contributed by atoms with E-state index >= 15 is 0 Å². The highest BCUT2D eigenvalue weighted by atomic mass is 35.5. The summed E-state index contributed by atoms with van der Waals surface area (Å²) in [5.41, 5.74) is 0.0440. The van der Waals surface area contributed by atoms with Crippen LogP contribution in [0.15, 0.2) is 29.2 Å². The number of amides is 1. The minimum Gasteiger partial charge on any atom is -0.344 e. The molecule has 1 aromatic carbocycles. The SMILES string of the molecule is CSc1ccc(C(=O)NC(C)(CCl)CCl)cc1. The van der Waals surface area contributed by atoms with Crippen LogP contribution in [0.3, 0.4) is 0 Å². The molecule has 1 amide bonds. The average Bonchev–Trinajstić information content (AvgIpc) is 2.38. The Bertz CT molecular complexity index is 377. The van der Waals surface area contributed by atoms with Crippen LogP contribution >= 0.6 is 35.0 Å². The van der Waals surface area contributed by atoms with Gasteiger partial charge in [-0.1, -0.05) is 0 Å². The Kier molecular flexibility index (Phi) is 5.63. The molecule has 1 aromatic rings. The smallest absolute Gasteiger partial charge is 0.251 e. The second-order valence-electron chi connectivity index (χ2n) is 4.01. The molecule has 17 heavy (non-hydrogen) atoms. The molecule has 0 atom stereocenters. The zero-order chi connectivity index (χ0) is 12.9. The van der Waals surface area contributed by atoms with E-state index < -0.39 is 5.54 Å². The first-order valence-electron chi connectivity index (χ1n) is 5.13. The standard InChI is InChI=1S/C12H15Cl2NOS/c1-12(7-13,8-14)15-11(16)9-3-5-10(17-2)6-4-9/h3-6H,7-8H2,1-2H3,(H,15,16). The lowest BCUT2D eigenvalue weighted by molar-refractivity contribution is 0.0921. The third-order valence-electron chi connectivity index (χ3n) is 2.36. The third-order valence-corrected chi connectivity index (χ3v) is 4.28. The van der Waals surface area contributed by atoms with Crippen molar-refractivity contribution in [2.24, 2.45) is 0 Å². The highest BCUT2D eigenvalue weighted by Gasteiger charge is 2.24. The Hall–Kier alpha value is -0.380. The van der Waals surface area contributed by atoms with Crippen molar-refractivity contribution in [2.45, 2.75) is 17.4 Å². The van der Waals surface area contributed by atoms with Gasteiger partial charge in [-0.15, -0.1) is 35.0 Å². The van der Waals surface area contributed by atoms with Crippen LogP contribution in [-0.2, 0) is 0 Å². The summed E-state index contributed by atoms with van der Waals surface area (Å²) in [6.07, 6.45) is 1.99. The van der Waals surface area contributed by atoms with Gasteiger partial charge in [0.2, 0.25) is 0 Å².